The Balaban J connectivity index is 1.81. The van der Waals surface area contributed by atoms with Crippen molar-refractivity contribution in [3.8, 4) is 22.3 Å². The summed E-state index contributed by atoms with van der Waals surface area (Å²) in [5.74, 6) is 0. The maximum atomic E-state index is 4.76. The number of hydrogen-bond donors (Lipinski definition) is 0. The molecule has 2 aliphatic rings. The number of hydrogen-bond acceptors (Lipinski definition) is 2. The highest BCUT2D eigenvalue weighted by Gasteiger charge is 2.20. The van der Waals surface area contributed by atoms with Gasteiger partial charge in [-0.1, -0.05) is 44.0 Å². The molecule has 0 spiro atoms. The van der Waals surface area contributed by atoms with E-state index >= 15 is 0 Å². The topological polar surface area (TPSA) is 24.7 Å². The van der Waals surface area contributed by atoms with Crippen LogP contribution in [-0.2, 0) is 0 Å². The van der Waals surface area contributed by atoms with E-state index in [0.29, 0.717) is 0 Å². The average molecular weight is 412 g/mol. The predicted octanol–water partition coefficient (Wildman–Crippen LogP) is 5.08. The van der Waals surface area contributed by atoms with Crippen molar-refractivity contribution in [1.82, 2.24) is 0 Å². The van der Waals surface area contributed by atoms with E-state index in [4.69, 9.17) is 9.98 Å². The van der Waals surface area contributed by atoms with Gasteiger partial charge in [0.25, 0.3) is 0 Å². The quantitative estimate of drug-likeness (QED) is 0.339. The van der Waals surface area contributed by atoms with Gasteiger partial charge >= 0.3 is 0 Å². The van der Waals surface area contributed by atoms with Gasteiger partial charge in [0, 0.05) is 31.2 Å². The molecule has 0 saturated heterocycles. The van der Waals surface area contributed by atoms with Gasteiger partial charge in [-0.15, -0.1) is 0 Å². The summed E-state index contributed by atoms with van der Waals surface area (Å²) in [7, 11) is 0. The molecule has 22 heavy (non-hydrogen) atoms. The summed E-state index contributed by atoms with van der Waals surface area (Å²) in [6.45, 7) is 0. The van der Waals surface area contributed by atoms with Crippen molar-refractivity contribution in [3.63, 3.8) is 0 Å². The van der Waals surface area contributed by atoms with Gasteiger partial charge in [0.2, 0.25) is 0 Å². The number of benzene rings is 3. The molecule has 0 bridgehead atoms. The van der Waals surface area contributed by atoms with Crippen LogP contribution in [0.1, 0.15) is 0 Å². The summed E-state index contributed by atoms with van der Waals surface area (Å²) in [5.41, 5.74) is 6.71. The first-order valence-corrected chi connectivity index (χ1v) is 8.49. The largest absolute Gasteiger partial charge is 0.248 e. The van der Waals surface area contributed by atoms with Crippen LogP contribution in [-0.4, -0.2) is 0 Å². The van der Waals surface area contributed by atoms with E-state index in [2.05, 4.69) is 80.4 Å². The number of nitrogens with zero attached hydrogens (tertiary/aromatic N) is 2. The Morgan fingerprint density at radius 1 is 0.545 bits per heavy atom. The van der Waals surface area contributed by atoms with E-state index in [0.717, 1.165) is 42.2 Å². The summed E-state index contributed by atoms with van der Waals surface area (Å²) in [5, 5.41) is 2.05. The number of fused-ring (bicyclic) bond motifs is 6. The van der Waals surface area contributed by atoms with E-state index in [1.165, 1.54) is 11.1 Å². The van der Waals surface area contributed by atoms with Crippen LogP contribution in [0.2, 0.25) is 0 Å². The van der Waals surface area contributed by atoms with Gasteiger partial charge in [0.05, 0.1) is 22.1 Å². The lowest BCUT2D eigenvalue weighted by atomic mass is 10.0. The van der Waals surface area contributed by atoms with Gasteiger partial charge in [0.15, 0.2) is 0 Å². The first-order chi connectivity index (χ1) is 10.7. The molecule has 2 nitrogen and oxygen atoms in total. The lowest BCUT2D eigenvalue weighted by Crippen LogP contribution is -2.11. The van der Waals surface area contributed by atoms with Crippen molar-refractivity contribution in [2.24, 2.45) is 9.98 Å². The fourth-order valence-corrected chi connectivity index (χ4v) is 3.80. The molecule has 3 aromatic rings. The van der Waals surface area contributed by atoms with E-state index in [1.807, 2.05) is 0 Å². The molecule has 104 valence electrons. The van der Waals surface area contributed by atoms with Crippen molar-refractivity contribution >= 4 is 43.2 Å². The summed E-state index contributed by atoms with van der Waals surface area (Å²) >= 11 is 7.02. The minimum Gasteiger partial charge on any atom is -0.248 e. The second kappa shape index (κ2) is 4.37. The first-order valence-electron chi connectivity index (χ1n) is 6.90. The van der Waals surface area contributed by atoms with E-state index in [9.17, 15) is 0 Å². The maximum absolute atomic E-state index is 4.76. The van der Waals surface area contributed by atoms with Crippen LogP contribution in [0.3, 0.4) is 0 Å². The van der Waals surface area contributed by atoms with Crippen molar-refractivity contribution in [1.29, 1.82) is 0 Å². The third-order valence-corrected chi connectivity index (χ3v) is 5.08. The van der Waals surface area contributed by atoms with E-state index in [-0.39, 0.29) is 0 Å². The molecule has 2 heterocycles. The Morgan fingerprint density at radius 2 is 1.00 bits per heavy atom. The molecule has 0 radical (unpaired) electrons. The minimum absolute atomic E-state index is 1.02. The molecule has 0 fully saturated rings. The third kappa shape index (κ3) is 1.71. The van der Waals surface area contributed by atoms with Crippen LogP contribution in [0.25, 0.3) is 22.3 Å². The lowest BCUT2D eigenvalue weighted by molar-refractivity contribution is 1.37. The third-order valence-electron chi connectivity index (χ3n) is 4.10. The van der Waals surface area contributed by atoms with E-state index in [1.54, 1.807) is 0 Å². The van der Waals surface area contributed by atoms with E-state index < -0.39 is 0 Å². The maximum Gasteiger partial charge on any atom is 0.0727 e. The zero-order valence-electron chi connectivity index (χ0n) is 11.3. The Labute approximate surface area is 143 Å². The van der Waals surface area contributed by atoms with Gasteiger partial charge in [-0.3, -0.25) is 0 Å². The molecule has 0 saturated carbocycles. The summed E-state index contributed by atoms with van der Waals surface area (Å²) in [4.78, 5) is 9.53. The molecule has 0 atom stereocenters. The second-order valence-corrected chi connectivity index (χ2v) is 7.26. The first kappa shape index (κ1) is 12.7. The molecule has 0 amide bonds. The minimum atomic E-state index is 1.02. The molecule has 0 unspecified atom stereocenters. The monoisotopic (exact) mass is 410 g/mol. The molecule has 0 aromatic heterocycles. The van der Waals surface area contributed by atoms with Crippen molar-refractivity contribution in [2.45, 2.75) is 0 Å². The van der Waals surface area contributed by atoms with Gasteiger partial charge in [0.1, 0.15) is 0 Å². The van der Waals surface area contributed by atoms with Crippen LogP contribution < -0.4 is 10.7 Å². The zero-order chi connectivity index (χ0) is 14.8. The van der Waals surface area contributed by atoms with Crippen molar-refractivity contribution < 1.29 is 0 Å². The SMILES string of the molecule is Brc1ccc2c(c1)N=c1cc3c(cc1-2)=Nc1cc(Br)ccc1-3. The highest BCUT2D eigenvalue weighted by molar-refractivity contribution is 9.10. The lowest BCUT2D eigenvalue weighted by Gasteiger charge is -2.01. The van der Waals surface area contributed by atoms with Crippen molar-refractivity contribution in [2.75, 3.05) is 0 Å². The van der Waals surface area contributed by atoms with Gasteiger partial charge in [-0.05, 0) is 36.4 Å². The van der Waals surface area contributed by atoms with Gasteiger partial charge in [-0.2, -0.15) is 0 Å². The summed E-state index contributed by atoms with van der Waals surface area (Å²) in [6.07, 6.45) is 0. The van der Waals surface area contributed by atoms with Crippen LogP contribution in [0, 0.1) is 0 Å². The molecular weight excluding hydrogens is 404 g/mol. The highest BCUT2D eigenvalue weighted by atomic mass is 79.9. The second-order valence-electron chi connectivity index (χ2n) is 5.43. The smallest absolute Gasteiger partial charge is 0.0727 e. The van der Waals surface area contributed by atoms with Crippen LogP contribution in [0.15, 0.2) is 67.5 Å². The summed E-state index contributed by atoms with van der Waals surface area (Å²) in [6, 6.07) is 16.8. The fraction of sp³-hybridized carbons (Fsp3) is 0. The number of rotatable bonds is 0. The van der Waals surface area contributed by atoms with Crippen molar-refractivity contribution in [3.05, 3.63) is 68.2 Å². The molecule has 0 N–H and O–H groups in total. The predicted molar refractivity (Wildman–Crippen MR) is 94.3 cm³/mol. The highest BCUT2D eigenvalue weighted by Crippen LogP contribution is 2.38. The Morgan fingerprint density at radius 3 is 1.45 bits per heavy atom. The Hall–Kier alpha value is -1.78. The van der Waals surface area contributed by atoms with Crippen LogP contribution in [0.4, 0.5) is 11.4 Å². The molecular formula is C18H8Br2N2. The zero-order valence-corrected chi connectivity index (χ0v) is 14.4. The van der Waals surface area contributed by atoms with Crippen LogP contribution >= 0.6 is 31.9 Å². The average Bonchev–Trinajstić information content (AvgIpc) is 3.00. The molecule has 5 rings (SSSR count). The summed E-state index contributed by atoms with van der Waals surface area (Å²) < 4.78 is 2.10. The van der Waals surface area contributed by atoms with Crippen LogP contribution in [0.5, 0.6) is 0 Å². The Bertz CT molecular complexity index is 1010. The molecule has 0 aliphatic carbocycles. The normalized spacial score (nSPS) is 12.8. The molecule has 3 aromatic carbocycles. The van der Waals surface area contributed by atoms with Gasteiger partial charge in [-0.25, -0.2) is 9.98 Å². The molecule has 2 aliphatic heterocycles. The molecule has 4 heteroatoms. The standard InChI is InChI=1S/C18H8Br2N2/c19-9-1-3-11-13-7-18-14(8-17(13)21-15(11)5-9)12-4-2-10(20)6-16(12)22-18/h1-8H. The number of halogens is 2. The Kier molecular flexibility index (Phi) is 2.53. The fourth-order valence-electron chi connectivity index (χ4n) is 3.10. The van der Waals surface area contributed by atoms with Gasteiger partial charge < -0.3 is 0 Å².